The van der Waals surface area contributed by atoms with Crippen molar-refractivity contribution in [3.05, 3.63) is 40.2 Å². The van der Waals surface area contributed by atoms with Crippen LogP contribution in [0.5, 0.6) is 0 Å². The van der Waals surface area contributed by atoms with Gasteiger partial charge in [-0.15, -0.1) is 11.3 Å². The zero-order chi connectivity index (χ0) is 18.2. The molecular formula is C18H29N5OS. The molecule has 0 aliphatic rings. The molecule has 7 heteroatoms. The Labute approximate surface area is 154 Å². The monoisotopic (exact) mass is 363 g/mol. The highest BCUT2D eigenvalue weighted by Crippen LogP contribution is 2.20. The Morgan fingerprint density at radius 1 is 1.40 bits per heavy atom. The molecule has 2 aromatic heterocycles. The highest BCUT2D eigenvalue weighted by molar-refractivity contribution is 7.09. The molecule has 25 heavy (non-hydrogen) atoms. The fraction of sp³-hybridized carbons (Fsp3) is 0.556. The number of aromatic nitrogens is 1. The van der Waals surface area contributed by atoms with Gasteiger partial charge in [-0.3, -0.25) is 9.89 Å². The third-order valence-electron chi connectivity index (χ3n) is 4.22. The number of hydrogen-bond acceptors (Lipinski definition) is 5. The van der Waals surface area contributed by atoms with Crippen LogP contribution in [0.15, 0.2) is 33.2 Å². The fourth-order valence-corrected chi connectivity index (χ4v) is 3.53. The molecule has 1 atom stereocenters. The first-order valence-corrected chi connectivity index (χ1v) is 9.57. The quantitative estimate of drug-likeness (QED) is 0.577. The van der Waals surface area contributed by atoms with Gasteiger partial charge < -0.3 is 14.6 Å². The summed E-state index contributed by atoms with van der Waals surface area (Å²) in [6.45, 7) is 9.78. The Balaban J connectivity index is 2.01. The van der Waals surface area contributed by atoms with E-state index < -0.39 is 0 Å². The smallest absolute Gasteiger partial charge is 0.193 e. The maximum absolute atomic E-state index is 5.66. The Kier molecular flexibility index (Phi) is 7.46. The van der Waals surface area contributed by atoms with Crippen LogP contribution in [-0.4, -0.2) is 54.5 Å². The van der Waals surface area contributed by atoms with Crippen molar-refractivity contribution in [2.45, 2.75) is 33.4 Å². The number of aryl methyl sites for hydroxylation is 1. The predicted octanol–water partition coefficient (Wildman–Crippen LogP) is 3.13. The highest BCUT2D eigenvalue weighted by Gasteiger charge is 2.21. The van der Waals surface area contributed by atoms with Gasteiger partial charge in [0.1, 0.15) is 5.76 Å². The van der Waals surface area contributed by atoms with E-state index >= 15 is 0 Å². The van der Waals surface area contributed by atoms with Crippen molar-refractivity contribution in [3.8, 4) is 0 Å². The minimum Gasteiger partial charge on any atom is -0.468 e. The molecule has 0 fully saturated rings. The van der Waals surface area contributed by atoms with Crippen LogP contribution in [-0.2, 0) is 6.54 Å². The summed E-state index contributed by atoms with van der Waals surface area (Å²) in [7, 11) is 3.84. The number of hydrogen-bond donors (Lipinski definition) is 1. The maximum atomic E-state index is 5.66. The number of thiazole rings is 1. The van der Waals surface area contributed by atoms with Crippen LogP contribution in [0.25, 0.3) is 0 Å². The molecule has 0 amide bonds. The van der Waals surface area contributed by atoms with Crippen molar-refractivity contribution in [2.24, 2.45) is 4.99 Å². The van der Waals surface area contributed by atoms with E-state index in [0.29, 0.717) is 0 Å². The molecule has 1 N–H and O–H groups in total. The molecule has 2 rings (SSSR count). The SMILES string of the molecule is CCN(CC)C(CNC(=NC)N(C)Cc1csc(C)n1)c1ccco1. The van der Waals surface area contributed by atoms with E-state index in [1.165, 1.54) is 0 Å². The summed E-state index contributed by atoms with van der Waals surface area (Å²) < 4.78 is 5.66. The van der Waals surface area contributed by atoms with Gasteiger partial charge in [-0.2, -0.15) is 0 Å². The molecule has 0 saturated heterocycles. The van der Waals surface area contributed by atoms with Gasteiger partial charge in [0.25, 0.3) is 0 Å². The van der Waals surface area contributed by atoms with Crippen molar-refractivity contribution < 1.29 is 4.42 Å². The van der Waals surface area contributed by atoms with Crippen LogP contribution in [0.3, 0.4) is 0 Å². The number of rotatable bonds is 8. The second kappa shape index (κ2) is 9.58. The molecule has 6 nitrogen and oxygen atoms in total. The molecule has 0 saturated carbocycles. The minimum absolute atomic E-state index is 0.177. The van der Waals surface area contributed by atoms with Crippen molar-refractivity contribution in [1.29, 1.82) is 0 Å². The van der Waals surface area contributed by atoms with Crippen LogP contribution in [0.4, 0.5) is 0 Å². The lowest BCUT2D eigenvalue weighted by Gasteiger charge is -2.30. The Hall–Kier alpha value is -1.86. The third-order valence-corrected chi connectivity index (χ3v) is 5.04. The first kappa shape index (κ1) is 19.5. The van der Waals surface area contributed by atoms with Crippen molar-refractivity contribution >= 4 is 17.3 Å². The summed E-state index contributed by atoms with van der Waals surface area (Å²) in [6, 6.07) is 4.16. The third kappa shape index (κ3) is 5.31. The number of aliphatic imine (C=N–C) groups is 1. The van der Waals surface area contributed by atoms with Gasteiger partial charge in [0.05, 0.1) is 29.6 Å². The zero-order valence-electron chi connectivity index (χ0n) is 15.8. The topological polar surface area (TPSA) is 56.9 Å². The minimum atomic E-state index is 0.177. The average Bonchev–Trinajstić information content (AvgIpc) is 3.26. The highest BCUT2D eigenvalue weighted by atomic mass is 32.1. The normalized spacial score (nSPS) is 13.3. The molecule has 2 aromatic rings. The Morgan fingerprint density at radius 3 is 2.68 bits per heavy atom. The number of nitrogens with zero attached hydrogens (tertiary/aromatic N) is 4. The van der Waals surface area contributed by atoms with E-state index in [0.717, 1.165) is 48.6 Å². The second-order valence-electron chi connectivity index (χ2n) is 5.89. The van der Waals surface area contributed by atoms with Gasteiger partial charge in [0.15, 0.2) is 5.96 Å². The van der Waals surface area contributed by atoms with Crippen LogP contribution in [0, 0.1) is 6.92 Å². The van der Waals surface area contributed by atoms with Crippen molar-refractivity contribution in [2.75, 3.05) is 33.7 Å². The average molecular weight is 364 g/mol. The van der Waals surface area contributed by atoms with Gasteiger partial charge in [-0.1, -0.05) is 13.8 Å². The first-order valence-electron chi connectivity index (χ1n) is 8.69. The molecule has 0 spiro atoms. The van der Waals surface area contributed by atoms with Crippen LogP contribution in [0.2, 0.25) is 0 Å². The summed E-state index contributed by atoms with van der Waals surface area (Å²) in [5.74, 6) is 1.83. The first-order chi connectivity index (χ1) is 12.1. The summed E-state index contributed by atoms with van der Waals surface area (Å²) in [5, 5.41) is 6.67. The molecule has 2 heterocycles. The number of nitrogens with one attached hydrogen (secondary N) is 1. The van der Waals surface area contributed by atoms with E-state index in [9.17, 15) is 0 Å². The molecule has 0 aliphatic carbocycles. The molecule has 0 aliphatic heterocycles. The number of guanidine groups is 1. The van der Waals surface area contributed by atoms with E-state index in [1.807, 2.05) is 33.2 Å². The van der Waals surface area contributed by atoms with Gasteiger partial charge in [0.2, 0.25) is 0 Å². The van der Waals surface area contributed by atoms with Gasteiger partial charge in [-0.25, -0.2) is 4.98 Å². The zero-order valence-corrected chi connectivity index (χ0v) is 16.6. The summed E-state index contributed by atoms with van der Waals surface area (Å²) in [4.78, 5) is 13.4. The van der Waals surface area contributed by atoms with E-state index in [4.69, 9.17) is 4.42 Å². The lowest BCUT2D eigenvalue weighted by Crippen LogP contribution is -2.43. The van der Waals surface area contributed by atoms with Crippen molar-refractivity contribution in [1.82, 2.24) is 20.1 Å². The molecule has 0 bridgehead atoms. The Morgan fingerprint density at radius 2 is 2.16 bits per heavy atom. The summed E-state index contributed by atoms with van der Waals surface area (Å²) >= 11 is 1.67. The molecule has 1 unspecified atom stereocenters. The van der Waals surface area contributed by atoms with Crippen LogP contribution >= 0.6 is 11.3 Å². The standard InChI is InChI=1S/C18H29N5OS/c1-6-23(7-2)16(17-9-8-10-24-17)11-20-18(19-4)22(5)12-15-13-25-14(3)21-15/h8-10,13,16H,6-7,11-12H2,1-5H3,(H,19,20). The fourth-order valence-electron chi connectivity index (χ4n) is 2.93. The lowest BCUT2D eigenvalue weighted by atomic mass is 10.2. The number of likely N-dealkylation sites (N-methyl/N-ethyl adjacent to an activating group) is 1. The second-order valence-corrected chi connectivity index (χ2v) is 6.96. The molecule has 0 aromatic carbocycles. The van der Waals surface area contributed by atoms with Gasteiger partial charge >= 0.3 is 0 Å². The lowest BCUT2D eigenvalue weighted by molar-refractivity contribution is 0.192. The van der Waals surface area contributed by atoms with Crippen molar-refractivity contribution in [3.63, 3.8) is 0 Å². The van der Waals surface area contributed by atoms with Crippen LogP contribution in [0.1, 0.15) is 36.4 Å². The predicted molar refractivity (Wildman–Crippen MR) is 104 cm³/mol. The summed E-state index contributed by atoms with van der Waals surface area (Å²) in [6.07, 6.45) is 1.73. The van der Waals surface area contributed by atoms with E-state index in [-0.39, 0.29) is 6.04 Å². The maximum Gasteiger partial charge on any atom is 0.193 e. The molecular weight excluding hydrogens is 334 g/mol. The van der Waals surface area contributed by atoms with Gasteiger partial charge in [-0.05, 0) is 32.1 Å². The van der Waals surface area contributed by atoms with E-state index in [2.05, 4.69) is 44.3 Å². The summed E-state index contributed by atoms with van der Waals surface area (Å²) in [5.41, 5.74) is 1.07. The largest absolute Gasteiger partial charge is 0.468 e. The molecule has 0 radical (unpaired) electrons. The molecule has 138 valence electrons. The number of furan rings is 1. The van der Waals surface area contributed by atoms with Gasteiger partial charge in [0, 0.05) is 26.0 Å². The van der Waals surface area contributed by atoms with Crippen LogP contribution < -0.4 is 5.32 Å². The Bertz CT molecular complexity index is 648. The van der Waals surface area contributed by atoms with E-state index in [1.54, 1.807) is 17.6 Å².